The van der Waals surface area contributed by atoms with Crippen molar-refractivity contribution in [3.05, 3.63) is 64.2 Å². The first-order valence-corrected chi connectivity index (χ1v) is 7.07. The zero-order valence-corrected chi connectivity index (χ0v) is 12.8. The van der Waals surface area contributed by atoms with Crippen molar-refractivity contribution in [2.45, 2.75) is 6.54 Å². The highest BCUT2D eigenvalue weighted by Crippen LogP contribution is 2.30. The van der Waals surface area contributed by atoms with Crippen LogP contribution in [0.3, 0.4) is 0 Å². The fourth-order valence-corrected chi connectivity index (χ4v) is 2.17. The number of aromatic nitrogens is 4. The quantitative estimate of drug-likeness (QED) is 0.547. The van der Waals surface area contributed by atoms with Gasteiger partial charge in [-0.2, -0.15) is 0 Å². The number of hydrogen-bond donors (Lipinski definition) is 1. The first-order valence-electron chi connectivity index (χ1n) is 7.07. The third-order valence-corrected chi connectivity index (χ3v) is 3.36. The zero-order valence-electron chi connectivity index (χ0n) is 12.8. The van der Waals surface area contributed by atoms with Gasteiger partial charge in [0, 0.05) is 0 Å². The smallest absolute Gasteiger partial charge is 0.296 e. The largest absolute Gasteiger partial charge is 0.496 e. The molecule has 2 aromatic carbocycles. The molecule has 122 valence electrons. The number of benzene rings is 2. The fraction of sp³-hybridized carbons (Fsp3) is 0.133. The van der Waals surface area contributed by atoms with Crippen molar-refractivity contribution in [3.8, 4) is 5.75 Å². The van der Waals surface area contributed by atoms with E-state index in [4.69, 9.17) is 4.74 Å². The Morgan fingerprint density at radius 2 is 2.04 bits per heavy atom. The number of tetrazole rings is 1. The molecule has 0 amide bonds. The summed E-state index contributed by atoms with van der Waals surface area (Å²) < 4.78 is 6.55. The molecule has 0 saturated carbocycles. The van der Waals surface area contributed by atoms with Gasteiger partial charge in [-0.1, -0.05) is 35.4 Å². The van der Waals surface area contributed by atoms with Gasteiger partial charge < -0.3 is 10.1 Å². The average molecular weight is 326 g/mol. The second-order valence-electron chi connectivity index (χ2n) is 4.91. The van der Waals surface area contributed by atoms with E-state index < -0.39 is 4.92 Å². The number of ether oxygens (including phenoxy) is 1. The Labute approximate surface area is 137 Å². The number of rotatable bonds is 6. The Bertz CT molecular complexity index is 849. The molecule has 0 saturated heterocycles. The van der Waals surface area contributed by atoms with Crippen LogP contribution in [0, 0.1) is 10.1 Å². The van der Waals surface area contributed by atoms with E-state index in [1.807, 2.05) is 30.3 Å². The van der Waals surface area contributed by atoms with E-state index in [9.17, 15) is 10.1 Å². The monoisotopic (exact) mass is 326 g/mol. The Kier molecular flexibility index (Phi) is 4.32. The van der Waals surface area contributed by atoms with Gasteiger partial charge in [0.1, 0.15) is 11.4 Å². The number of hydrogen-bond acceptors (Lipinski definition) is 7. The van der Waals surface area contributed by atoms with Crippen molar-refractivity contribution in [1.29, 1.82) is 0 Å². The molecule has 1 heterocycles. The molecule has 0 radical (unpaired) electrons. The molecule has 0 atom stereocenters. The maximum atomic E-state index is 11.2. The Hall–Kier alpha value is -3.49. The van der Waals surface area contributed by atoms with E-state index in [-0.39, 0.29) is 11.4 Å². The van der Waals surface area contributed by atoms with Crippen LogP contribution in [0.25, 0.3) is 0 Å². The van der Waals surface area contributed by atoms with Crippen LogP contribution in [0.4, 0.5) is 17.3 Å². The summed E-state index contributed by atoms with van der Waals surface area (Å²) in [5.74, 6) is 0.711. The summed E-state index contributed by atoms with van der Waals surface area (Å²) in [6, 6.07) is 14.2. The minimum atomic E-state index is -0.490. The topological polar surface area (TPSA) is 108 Å². The van der Waals surface area contributed by atoms with Crippen LogP contribution in [0.5, 0.6) is 5.75 Å². The minimum absolute atomic E-state index is 0.122. The Morgan fingerprint density at radius 1 is 1.25 bits per heavy atom. The summed E-state index contributed by atoms with van der Waals surface area (Å²) in [7, 11) is 1.45. The zero-order chi connectivity index (χ0) is 16.9. The van der Waals surface area contributed by atoms with Crippen LogP contribution in [-0.2, 0) is 6.54 Å². The van der Waals surface area contributed by atoms with Crippen molar-refractivity contribution < 1.29 is 9.66 Å². The summed E-state index contributed by atoms with van der Waals surface area (Å²) in [6.07, 6.45) is 0. The van der Waals surface area contributed by atoms with Crippen LogP contribution in [0.15, 0.2) is 48.5 Å². The lowest BCUT2D eigenvalue weighted by Gasteiger charge is -2.08. The highest BCUT2D eigenvalue weighted by Gasteiger charge is 2.17. The summed E-state index contributed by atoms with van der Waals surface area (Å²) in [5.41, 5.74) is 1.17. The summed E-state index contributed by atoms with van der Waals surface area (Å²) in [4.78, 5) is 10.8. The highest BCUT2D eigenvalue weighted by atomic mass is 16.6. The van der Waals surface area contributed by atoms with Crippen LogP contribution >= 0.6 is 0 Å². The molecule has 1 N–H and O–H groups in total. The van der Waals surface area contributed by atoms with Gasteiger partial charge in [-0.3, -0.25) is 10.1 Å². The van der Waals surface area contributed by atoms with Gasteiger partial charge in [-0.25, -0.2) is 4.68 Å². The van der Waals surface area contributed by atoms with Crippen molar-refractivity contribution >= 4 is 17.3 Å². The van der Waals surface area contributed by atoms with Crippen LogP contribution in [0.1, 0.15) is 5.56 Å². The number of nitro benzene ring substituents is 1. The lowest BCUT2D eigenvalue weighted by molar-refractivity contribution is -0.384. The van der Waals surface area contributed by atoms with Crippen LogP contribution in [-0.4, -0.2) is 32.2 Å². The SMILES string of the molecule is COc1ccc(Nc2nnnn2Cc2ccccc2)c([N+](=O)[O-])c1. The Balaban J connectivity index is 1.87. The molecular weight excluding hydrogens is 312 g/mol. The second-order valence-corrected chi connectivity index (χ2v) is 4.91. The van der Waals surface area contributed by atoms with E-state index in [0.717, 1.165) is 5.56 Å². The van der Waals surface area contributed by atoms with Crippen molar-refractivity contribution in [3.63, 3.8) is 0 Å². The average Bonchev–Trinajstić information content (AvgIpc) is 3.03. The van der Waals surface area contributed by atoms with E-state index in [2.05, 4.69) is 20.8 Å². The van der Waals surface area contributed by atoms with E-state index in [0.29, 0.717) is 18.2 Å². The molecule has 3 aromatic rings. The number of methoxy groups -OCH3 is 1. The number of anilines is 2. The minimum Gasteiger partial charge on any atom is -0.496 e. The van der Waals surface area contributed by atoms with Crippen LogP contribution in [0.2, 0.25) is 0 Å². The highest BCUT2D eigenvalue weighted by molar-refractivity contribution is 5.68. The molecule has 0 bridgehead atoms. The summed E-state index contributed by atoms with van der Waals surface area (Å²) in [6.45, 7) is 0.445. The van der Waals surface area contributed by atoms with Gasteiger partial charge in [0.2, 0.25) is 5.95 Å². The van der Waals surface area contributed by atoms with E-state index >= 15 is 0 Å². The van der Waals surface area contributed by atoms with Gasteiger partial charge in [-0.05, 0) is 28.1 Å². The fourth-order valence-electron chi connectivity index (χ4n) is 2.17. The van der Waals surface area contributed by atoms with Crippen LogP contribution < -0.4 is 10.1 Å². The number of nitro groups is 1. The van der Waals surface area contributed by atoms with E-state index in [1.54, 1.807) is 12.1 Å². The molecule has 24 heavy (non-hydrogen) atoms. The number of nitrogens with zero attached hydrogens (tertiary/aromatic N) is 5. The van der Waals surface area contributed by atoms with Crippen molar-refractivity contribution in [2.75, 3.05) is 12.4 Å². The predicted molar refractivity (Wildman–Crippen MR) is 86.3 cm³/mol. The molecule has 0 unspecified atom stereocenters. The lowest BCUT2D eigenvalue weighted by Crippen LogP contribution is -2.08. The molecule has 0 fully saturated rings. The van der Waals surface area contributed by atoms with Gasteiger partial charge in [0.15, 0.2) is 0 Å². The maximum Gasteiger partial charge on any atom is 0.296 e. The van der Waals surface area contributed by atoms with E-state index in [1.165, 1.54) is 17.9 Å². The molecule has 0 spiro atoms. The van der Waals surface area contributed by atoms with Gasteiger partial charge in [-0.15, -0.1) is 0 Å². The van der Waals surface area contributed by atoms with Crippen molar-refractivity contribution in [2.24, 2.45) is 0 Å². The van der Waals surface area contributed by atoms with Gasteiger partial charge >= 0.3 is 0 Å². The van der Waals surface area contributed by atoms with Crippen molar-refractivity contribution in [1.82, 2.24) is 20.2 Å². The molecule has 3 rings (SSSR count). The first-order chi connectivity index (χ1) is 11.7. The molecule has 0 aliphatic rings. The maximum absolute atomic E-state index is 11.2. The predicted octanol–water partition coefficient (Wildman–Crippen LogP) is 2.38. The molecule has 9 nitrogen and oxygen atoms in total. The second kappa shape index (κ2) is 6.73. The standard InChI is InChI=1S/C15H14N6O3/c1-24-12-7-8-13(14(9-12)21(22)23)16-15-17-18-19-20(15)10-11-5-3-2-4-6-11/h2-9H,10H2,1H3,(H,16,17,19). The van der Waals surface area contributed by atoms with Gasteiger partial charge in [0.05, 0.1) is 24.6 Å². The molecule has 0 aliphatic carbocycles. The molecule has 1 aromatic heterocycles. The third-order valence-electron chi connectivity index (χ3n) is 3.36. The number of nitrogens with one attached hydrogen (secondary N) is 1. The normalized spacial score (nSPS) is 10.4. The first kappa shape index (κ1) is 15.4. The third kappa shape index (κ3) is 3.29. The lowest BCUT2D eigenvalue weighted by atomic mass is 10.2. The molecular formula is C15H14N6O3. The Morgan fingerprint density at radius 3 is 2.75 bits per heavy atom. The van der Waals surface area contributed by atoms with Gasteiger partial charge in [0.25, 0.3) is 5.69 Å². The summed E-state index contributed by atoms with van der Waals surface area (Å²) >= 11 is 0. The molecule has 0 aliphatic heterocycles. The molecule has 9 heteroatoms. The summed E-state index contributed by atoms with van der Waals surface area (Å²) in [5, 5.41) is 25.6.